The van der Waals surface area contributed by atoms with E-state index in [1.165, 1.54) is 0 Å². The molecule has 0 amide bonds. The number of nitro groups is 1. The number of non-ortho nitro benzene ring substituents is 1. The molecule has 0 aromatic heterocycles. The van der Waals surface area contributed by atoms with Crippen LogP contribution in [0.3, 0.4) is 0 Å². The van der Waals surface area contributed by atoms with Gasteiger partial charge in [-0.1, -0.05) is 39.8 Å². The highest BCUT2D eigenvalue weighted by Gasteiger charge is 2.16. The average Bonchev–Trinajstić information content (AvgIpc) is 2.34. The highest BCUT2D eigenvalue weighted by molar-refractivity contribution is 5.32. The lowest BCUT2D eigenvalue weighted by atomic mass is 9.85. The summed E-state index contributed by atoms with van der Waals surface area (Å²) < 4.78 is 0. The van der Waals surface area contributed by atoms with E-state index in [2.05, 4.69) is 33.0 Å². The van der Waals surface area contributed by atoms with Crippen LogP contribution >= 0.6 is 0 Å². The molecule has 19 heavy (non-hydrogen) atoms. The third-order valence-corrected chi connectivity index (χ3v) is 3.57. The van der Waals surface area contributed by atoms with E-state index < -0.39 is 0 Å². The molecular weight excluding hydrogens is 240 g/mol. The molecule has 0 spiro atoms. The zero-order valence-corrected chi connectivity index (χ0v) is 12.2. The summed E-state index contributed by atoms with van der Waals surface area (Å²) in [5, 5.41) is 14.0. The van der Waals surface area contributed by atoms with Gasteiger partial charge in [-0.25, -0.2) is 0 Å². The van der Waals surface area contributed by atoms with E-state index in [0.717, 1.165) is 18.7 Å². The van der Waals surface area contributed by atoms with Crippen molar-refractivity contribution in [1.82, 2.24) is 5.32 Å². The summed E-state index contributed by atoms with van der Waals surface area (Å²) in [5.74, 6) is 1.96. The SMILES string of the molecule is CC(C)C(CNCc1ccc([N+](=O)[O-])cc1)C(C)C. The first-order valence-corrected chi connectivity index (χ1v) is 6.86. The molecule has 106 valence electrons. The third-order valence-electron chi connectivity index (χ3n) is 3.57. The molecule has 0 fully saturated rings. The summed E-state index contributed by atoms with van der Waals surface area (Å²) in [5.41, 5.74) is 1.22. The minimum Gasteiger partial charge on any atom is -0.312 e. The van der Waals surface area contributed by atoms with E-state index in [0.29, 0.717) is 17.8 Å². The van der Waals surface area contributed by atoms with Crippen LogP contribution < -0.4 is 5.32 Å². The minimum atomic E-state index is -0.370. The van der Waals surface area contributed by atoms with Crippen LogP contribution in [-0.2, 0) is 6.54 Å². The molecule has 0 radical (unpaired) electrons. The number of nitro benzene ring substituents is 1. The van der Waals surface area contributed by atoms with Crippen LogP contribution in [0.25, 0.3) is 0 Å². The molecule has 4 heteroatoms. The maximum Gasteiger partial charge on any atom is 0.269 e. The molecule has 1 rings (SSSR count). The Morgan fingerprint density at radius 3 is 2.05 bits per heavy atom. The molecule has 0 saturated carbocycles. The van der Waals surface area contributed by atoms with Crippen molar-refractivity contribution in [1.29, 1.82) is 0 Å². The molecule has 0 bridgehead atoms. The second-order valence-corrected chi connectivity index (χ2v) is 5.71. The van der Waals surface area contributed by atoms with Crippen molar-refractivity contribution in [3.8, 4) is 0 Å². The van der Waals surface area contributed by atoms with Crippen molar-refractivity contribution in [3.05, 3.63) is 39.9 Å². The summed E-state index contributed by atoms with van der Waals surface area (Å²) in [7, 11) is 0. The van der Waals surface area contributed by atoms with Crippen LogP contribution in [0.2, 0.25) is 0 Å². The van der Waals surface area contributed by atoms with E-state index in [4.69, 9.17) is 0 Å². The van der Waals surface area contributed by atoms with Gasteiger partial charge < -0.3 is 5.32 Å². The minimum absolute atomic E-state index is 0.144. The first-order chi connectivity index (χ1) is 8.91. The molecule has 1 aromatic rings. The number of benzene rings is 1. The van der Waals surface area contributed by atoms with Crippen molar-refractivity contribution in [2.24, 2.45) is 17.8 Å². The Hall–Kier alpha value is -1.42. The predicted molar refractivity (Wildman–Crippen MR) is 78.0 cm³/mol. The lowest BCUT2D eigenvalue weighted by Gasteiger charge is -2.25. The molecule has 4 nitrogen and oxygen atoms in total. The summed E-state index contributed by atoms with van der Waals surface area (Å²) in [4.78, 5) is 10.2. The number of hydrogen-bond acceptors (Lipinski definition) is 3. The van der Waals surface area contributed by atoms with Gasteiger partial charge in [0.05, 0.1) is 4.92 Å². The molecular formula is C15H24N2O2. The van der Waals surface area contributed by atoms with Crippen molar-refractivity contribution in [2.75, 3.05) is 6.54 Å². The molecule has 0 aliphatic heterocycles. The Bertz CT molecular complexity index is 391. The predicted octanol–water partition coefficient (Wildman–Crippen LogP) is 3.61. The topological polar surface area (TPSA) is 55.2 Å². The van der Waals surface area contributed by atoms with Crippen molar-refractivity contribution in [2.45, 2.75) is 34.2 Å². The van der Waals surface area contributed by atoms with E-state index in [1.54, 1.807) is 12.1 Å². The average molecular weight is 264 g/mol. The maximum absolute atomic E-state index is 10.6. The van der Waals surface area contributed by atoms with E-state index in [1.807, 2.05) is 12.1 Å². The summed E-state index contributed by atoms with van der Waals surface area (Å²) >= 11 is 0. The summed E-state index contributed by atoms with van der Waals surface area (Å²) in [6.07, 6.45) is 0. The van der Waals surface area contributed by atoms with Gasteiger partial charge in [-0.15, -0.1) is 0 Å². The van der Waals surface area contributed by atoms with E-state index in [9.17, 15) is 10.1 Å². The Labute approximate surface area is 115 Å². The van der Waals surface area contributed by atoms with Gasteiger partial charge in [-0.2, -0.15) is 0 Å². The van der Waals surface area contributed by atoms with Crippen LogP contribution in [0.15, 0.2) is 24.3 Å². The van der Waals surface area contributed by atoms with Crippen molar-refractivity contribution in [3.63, 3.8) is 0 Å². The lowest BCUT2D eigenvalue weighted by molar-refractivity contribution is -0.384. The third kappa shape index (κ3) is 4.99. The molecule has 0 heterocycles. The standard InChI is InChI=1S/C15H24N2O2/c1-11(2)15(12(3)4)10-16-9-13-5-7-14(8-6-13)17(18)19/h5-8,11-12,15-16H,9-10H2,1-4H3. The second kappa shape index (κ2) is 7.24. The van der Waals surface area contributed by atoms with Gasteiger partial charge in [0.2, 0.25) is 0 Å². The maximum atomic E-state index is 10.6. The van der Waals surface area contributed by atoms with Gasteiger partial charge in [0.1, 0.15) is 0 Å². The fraction of sp³-hybridized carbons (Fsp3) is 0.600. The number of hydrogen-bond donors (Lipinski definition) is 1. The van der Waals surface area contributed by atoms with Gasteiger partial charge in [-0.3, -0.25) is 10.1 Å². The quantitative estimate of drug-likeness (QED) is 0.604. The Kier molecular flexibility index (Phi) is 5.96. The van der Waals surface area contributed by atoms with Gasteiger partial charge in [0.15, 0.2) is 0 Å². The number of nitrogens with one attached hydrogen (secondary N) is 1. The fourth-order valence-electron chi connectivity index (χ4n) is 2.36. The lowest BCUT2D eigenvalue weighted by Crippen LogP contribution is -2.29. The Morgan fingerprint density at radius 1 is 1.11 bits per heavy atom. The smallest absolute Gasteiger partial charge is 0.269 e. The largest absolute Gasteiger partial charge is 0.312 e. The molecule has 0 saturated heterocycles. The van der Waals surface area contributed by atoms with Crippen LogP contribution in [0.1, 0.15) is 33.3 Å². The van der Waals surface area contributed by atoms with Crippen LogP contribution in [-0.4, -0.2) is 11.5 Å². The van der Waals surface area contributed by atoms with Crippen molar-refractivity contribution >= 4 is 5.69 Å². The number of nitrogens with zero attached hydrogens (tertiary/aromatic N) is 1. The van der Waals surface area contributed by atoms with Crippen LogP contribution in [0.4, 0.5) is 5.69 Å². The van der Waals surface area contributed by atoms with E-state index >= 15 is 0 Å². The first kappa shape index (κ1) is 15.6. The second-order valence-electron chi connectivity index (χ2n) is 5.71. The van der Waals surface area contributed by atoms with Gasteiger partial charge in [0.25, 0.3) is 5.69 Å². The summed E-state index contributed by atoms with van der Waals surface area (Å²) in [6.45, 7) is 10.7. The normalized spacial score (nSPS) is 11.5. The Morgan fingerprint density at radius 2 is 1.63 bits per heavy atom. The fourth-order valence-corrected chi connectivity index (χ4v) is 2.36. The molecule has 0 unspecified atom stereocenters. The zero-order valence-electron chi connectivity index (χ0n) is 12.2. The first-order valence-electron chi connectivity index (χ1n) is 6.86. The van der Waals surface area contributed by atoms with Gasteiger partial charge in [0, 0.05) is 18.7 Å². The molecule has 1 N–H and O–H groups in total. The monoisotopic (exact) mass is 264 g/mol. The Balaban J connectivity index is 2.46. The van der Waals surface area contributed by atoms with Gasteiger partial charge >= 0.3 is 0 Å². The van der Waals surface area contributed by atoms with Crippen molar-refractivity contribution < 1.29 is 4.92 Å². The van der Waals surface area contributed by atoms with Crippen LogP contribution in [0, 0.1) is 27.9 Å². The summed E-state index contributed by atoms with van der Waals surface area (Å²) in [6, 6.07) is 6.73. The molecule has 0 atom stereocenters. The van der Waals surface area contributed by atoms with Crippen LogP contribution in [0.5, 0.6) is 0 Å². The zero-order chi connectivity index (χ0) is 14.4. The molecule has 0 aliphatic carbocycles. The van der Waals surface area contributed by atoms with E-state index in [-0.39, 0.29) is 10.6 Å². The molecule has 1 aromatic carbocycles. The highest BCUT2D eigenvalue weighted by atomic mass is 16.6. The highest BCUT2D eigenvalue weighted by Crippen LogP contribution is 2.19. The number of rotatable bonds is 7. The molecule has 0 aliphatic rings. The van der Waals surface area contributed by atoms with Gasteiger partial charge in [-0.05, 0) is 29.9 Å².